The first-order valence-corrected chi connectivity index (χ1v) is 8.95. The van der Waals surface area contributed by atoms with Gasteiger partial charge < -0.3 is 4.90 Å². The summed E-state index contributed by atoms with van der Waals surface area (Å²) in [6, 6.07) is 19.0. The van der Waals surface area contributed by atoms with Gasteiger partial charge in [0.1, 0.15) is 5.69 Å². The molecule has 4 rings (SSSR count). The molecule has 1 aliphatic rings. The number of aryl methyl sites for hydroxylation is 1. The standard InChI is InChI=1S/C21H22N4O/c1-15-20(17-9-4-3-5-10-17)18-11-7-6-8-16(18)12-13-25(15)21(26)19-14-22-23-24(19)2/h3-11,14-15,20H,12-13H2,1-2H3/t15-,20-/m1/s1. The van der Waals surface area contributed by atoms with Crippen LogP contribution >= 0.6 is 0 Å². The van der Waals surface area contributed by atoms with Crippen LogP contribution in [0.5, 0.6) is 0 Å². The van der Waals surface area contributed by atoms with E-state index in [1.807, 2.05) is 11.0 Å². The lowest BCUT2D eigenvalue weighted by Gasteiger charge is -2.33. The van der Waals surface area contributed by atoms with Gasteiger partial charge in [-0.15, -0.1) is 5.10 Å². The van der Waals surface area contributed by atoms with Crippen LogP contribution in [0.1, 0.15) is 40.0 Å². The fraction of sp³-hybridized carbons (Fsp3) is 0.286. The van der Waals surface area contributed by atoms with Gasteiger partial charge in [-0.05, 0) is 30.0 Å². The van der Waals surface area contributed by atoms with E-state index in [-0.39, 0.29) is 17.9 Å². The van der Waals surface area contributed by atoms with Crippen LogP contribution in [0.2, 0.25) is 0 Å². The molecule has 26 heavy (non-hydrogen) atoms. The first kappa shape index (κ1) is 16.5. The van der Waals surface area contributed by atoms with Crippen molar-refractivity contribution in [3.8, 4) is 0 Å². The number of nitrogens with zero attached hydrogens (tertiary/aromatic N) is 4. The second kappa shape index (κ2) is 6.75. The summed E-state index contributed by atoms with van der Waals surface area (Å²) >= 11 is 0. The molecule has 132 valence electrons. The minimum atomic E-state index is -0.0151. The Morgan fingerprint density at radius 1 is 1.08 bits per heavy atom. The summed E-state index contributed by atoms with van der Waals surface area (Å²) in [5.41, 5.74) is 4.38. The molecule has 2 atom stereocenters. The van der Waals surface area contributed by atoms with E-state index in [1.165, 1.54) is 16.7 Å². The van der Waals surface area contributed by atoms with E-state index in [0.29, 0.717) is 12.2 Å². The maximum Gasteiger partial charge on any atom is 0.274 e. The van der Waals surface area contributed by atoms with E-state index in [2.05, 4.69) is 65.8 Å². The molecule has 2 aromatic carbocycles. The van der Waals surface area contributed by atoms with E-state index < -0.39 is 0 Å². The largest absolute Gasteiger partial charge is 0.333 e. The zero-order chi connectivity index (χ0) is 18.1. The molecule has 0 fully saturated rings. The third kappa shape index (κ3) is 2.79. The summed E-state index contributed by atoms with van der Waals surface area (Å²) in [6.45, 7) is 2.83. The molecule has 0 bridgehead atoms. The number of rotatable bonds is 2. The number of carbonyl (C=O) groups is 1. The summed E-state index contributed by atoms with van der Waals surface area (Å²) in [5.74, 6) is 0.124. The number of aromatic nitrogens is 3. The predicted molar refractivity (Wildman–Crippen MR) is 99.9 cm³/mol. The lowest BCUT2D eigenvalue weighted by Crippen LogP contribution is -2.42. The number of amides is 1. The molecule has 0 aliphatic carbocycles. The molecule has 5 heteroatoms. The molecule has 3 aromatic rings. The molecule has 5 nitrogen and oxygen atoms in total. The van der Waals surface area contributed by atoms with E-state index in [9.17, 15) is 4.79 Å². The van der Waals surface area contributed by atoms with Gasteiger partial charge in [-0.25, -0.2) is 4.68 Å². The van der Waals surface area contributed by atoms with Crippen molar-refractivity contribution < 1.29 is 4.79 Å². The minimum absolute atomic E-state index is 0.0151. The highest BCUT2D eigenvalue weighted by atomic mass is 16.2. The summed E-state index contributed by atoms with van der Waals surface area (Å²) in [6.07, 6.45) is 2.39. The molecule has 0 unspecified atom stereocenters. The SMILES string of the molecule is C[C@@H]1[C@H](c2ccccc2)c2ccccc2CCN1C(=O)c1cnnn1C. The van der Waals surface area contributed by atoms with Crippen LogP contribution in [-0.4, -0.2) is 38.4 Å². The summed E-state index contributed by atoms with van der Waals surface area (Å²) in [4.78, 5) is 15.2. The number of benzene rings is 2. The Kier molecular flexibility index (Phi) is 4.29. The third-order valence-electron chi connectivity index (χ3n) is 5.34. The molecule has 1 aliphatic heterocycles. The Hall–Kier alpha value is -2.95. The van der Waals surface area contributed by atoms with Crippen molar-refractivity contribution in [3.05, 3.63) is 83.2 Å². The first-order chi connectivity index (χ1) is 12.7. The average Bonchev–Trinajstić information content (AvgIpc) is 3.03. The summed E-state index contributed by atoms with van der Waals surface area (Å²) in [7, 11) is 1.76. The highest BCUT2D eigenvalue weighted by molar-refractivity contribution is 5.92. The normalized spacial score (nSPS) is 19.7. The molecule has 1 amide bonds. The van der Waals surface area contributed by atoms with Crippen LogP contribution in [0.25, 0.3) is 0 Å². The van der Waals surface area contributed by atoms with Gasteiger partial charge in [0.05, 0.1) is 6.20 Å². The van der Waals surface area contributed by atoms with Gasteiger partial charge in [-0.3, -0.25) is 4.79 Å². The Morgan fingerprint density at radius 3 is 2.54 bits per heavy atom. The number of hydrogen-bond donors (Lipinski definition) is 0. The predicted octanol–water partition coefficient (Wildman–Crippen LogP) is 3.03. The smallest absolute Gasteiger partial charge is 0.274 e. The van der Waals surface area contributed by atoms with Crippen molar-refractivity contribution in [1.29, 1.82) is 0 Å². The molecular weight excluding hydrogens is 324 g/mol. The minimum Gasteiger partial charge on any atom is -0.333 e. The van der Waals surface area contributed by atoms with Crippen LogP contribution < -0.4 is 0 Å². The highest BCUT2D eigenvalue weighted by Crippen LogP contribution is 2.36. The molecule has 0 saturated carbocycles. The van der Waals surface area contributed by atoms with Crippen LogP contribution in [0.3, 0.4) is 0 Å². The first-order valence-electron chi connectivity index (χ1n) is 8.95. The van der Waals surface area contributed by atoms with Gasteiger partial charge in [0.25, 0.3) is 5.91 Å². The monoisotopic (exact) mass is 346 g/mol. The van der Waals surface area contributed by atoms with Gasteiger partial charge in [-0.2, -0.15) is 0 Å². The van der Waals surface area contributed by atoms with Crippen molar-refractivity contribution >= 4 is 5.91 Å². The van der Waals surface area contributed by atoms with Gasteiger partial charge in [0.15, 0.2) is 0 Å². The third-order valence-corrected chi connectivity index (χ3v) is 5.34. The number of carbonyl (C=O) groups excluding carboxylic acids is 1. The number of hydrogen-bond acceptors (Lipinski definition) is 3. The van der Waals surface area contributed by atoms with Crippen LogP contribution in [-0.2, 0) is 13.5 Å². The Balaban J connectivity index is 1.79. The zero-order valence-electron chi connectivity index (χ0n) is 15.0. The molecule has 0 spiro atoms. The maximum absolute atomic E-state index is 13.2. The van der Waals surface area contributed by atoms with Gasteiger partial charge >= 0.3 is 0 Å². The van der Waals surface area contributed by atoms with Gasteiger partial charge in [0.2, 0.25) is 0 Å². The molecule has 0 saturated heterocycles. The maximum atomic E-state index is 13.2. The molecule has 1 aromatic heterocycles. The van der Waals surface area contributed by atoms with E-state index in [0.717, 1.165) is 6.42 Å². The highest BCUT2D eigenvalue weighted by Gasteiger charge is 2.34. The Morgan fingerprint density at radius 2 is 1.81 bits per heavy atom. The number of fused-ring (bicyclic) bond motifs is 1. The molecule has 2 heterocycles. The van der Waals surface area contributed by atoms with E-state index in [1.54, 1.807) is 17.9 Å². The van der Waals surface area contributed by atoms with Crippen molar-refractivity contribution in [3.63, 3.8) is 0 Å². The van der Waals surface area contributed by atoms with Gasteiger partial charge in [-0.1, -0.05) is 59.8 Å². The zero-order valence-corrected chi connectivity index (χ0v) is 15.0. The summed E-state index contributed by atoms with van der Waals surface area (Å²) < 4.78 is 1.55. The Labute approximate surface area is 153 Å². The second-order valence-corrected chi connectivity index (χ2v) is 6.82. The fourth-order valence-corrected chi connectivity index (χ4v) is 3.99. The fourth-order valence-electron chi connectivity index (χ4n) is 3.99. The van der Waals surface area contributed by atoms with E-state index in [4.69, 9.17) is 0 Å². The molecular formula is C21H22N4O. The molecule has 0 radical (unpaired) electrons. The van der Waals surface area contributed by atoms with Crippen molar-refractivity contribution in [1.82, 2.24) is 19.9 Å². The van der Waals surface area contributed by atoms with Crippen LogP contribution in [0.4, 0.5) is 0 Å². The van der Waals surface area contributed by atoms with Crippen molar-refractivity contribution in [2.45, 2.75) is 25.3 Å². The lowest BCUT2D eigenvalue weighted by atomic mass is 9.83. The average molecular weight is 346 g/mol. The topological polar surface area (TPSA) is 51.0 Å². The van der Waals surface area contributed by atoms with Crippen LogP contribution in [0, 0.1) is 0 Å². The quantitative estimate of drug-likeness (QED) is 0.717. The van der Waals surface area contributed by atoms with Crippen LogP contribution in [0.15, 0.2) is 60.8 Å². The van der Waals surface area contributed by atoms with Crippen molar-refractivity contribution in [2.24, 2.45) is 7.05 Å². The van der Waals surface area contributed by atoms with Crippen molar-refractivity contribution in [2.75, 3.05) is 6.54 Å². The molecule has 0 N–H and O–H groups in total. The second-order valence-electron chi connectivity index (χ2n) is 6.82. The summed E-state index contributed by atoms with van der Waals surface area (Å²) in [5, 5.41) is 7.79. The van der Waals surface area contributed by atoms with E-state index >= 15 is 0 Å². The lowest BCUT2D eigenvalue weighted by molar-refractivity contribution is 0.0676. The Bertz CT molecular complexity index is 919. The van der Waals surface area contributed by atoms with Gasteiger partial charge in [0, 0.05) is 25.6 Å².